The highest BCUT2D eigenvalue weighted by molar-refractivity contribution is 5.97. The van der Waals surface area contributed by atoms with Crippen LogP contribution in [0.25, 0.3) is 0 Å². The number of carbonyl (C=O) groups is 2. The molecule has 1 unspecified atom stereocenters. The summed E-state index contributed by atoms with van der Waals surface area (Å²) in [5.41, 5.74) is 1.87. The van der Waals surface area contributed by atoms with Crippen molar-refractivity contribution in [2.75, 3.05) is 18.0 Å². The Morgan fingerprint density at radius 1 is 1.29 bits per heavy atom. The summed E-state index contributed by atoms with van der Waals surface area (Å²) in [4.78, 5) is 25.1. The molecule has 0 spiro atoms. The maximum Gasteiger partial charge on any atom is 0.305 e. The molecule has 0 saturated carbocycles. The van der Waals surface area contributed by atoms with E-state index in [1.165, 1.54) is 0 Å². The van der Waals surface area contributed by atoms with Crippen molar-refractivity contribution < 1.29 is 14.7 Å². The highest BCUT2D eigenvalue weighted by Gasteiger charge is 2.26. The van der Waals surface area contributed by atoms with Gasteiger partial charge < -0.3 is 15.3 Å². The molecule has 1 aromatic carbocycles. The first-order valence-corrected chi connectivity index (χ1v) is 7.41. The van der Waals surface area contributed by atoms with Crippen molar-refractivity contribution in [1.29, 1.82) is 0 Å². The standard InChI is InChI=1S/C16H22N2O3/c1-12-5-7-13(8-6-12)18(11-9-15(19)20)16(21)14-4-2-3-10-17-14/h5-8,14,17H,2-4,9-11H2,1H3,(H,19,20). The van der Waals surface area contributed by atoms with Gasteiger partial charge in [0.25, 0.3) is 0 Å². The van der Waals surface area contributed by atoms with Crippen molar-refractivity contribution >= 4 is 17.6 Å². The van der Waals surface area contributed by atoms with Gasteiger partial charge in [0, 0.05) is 12.2 Å². The zero-order valence-corrected chi connectivity index (χ0v) is 12.3. The third-order valence-corrected chi connectivity index (χ3v) is 3.77. The van der Waals surface area contributed by atoms with E-state index in [1.807, 2.05) is 31.2 Å². The molecule has 2 rings (SSSR count). The van der Waals surface area contributed by atoms with E-state index in [2.05, 4.69) is 5.32 Å². The fourth-order valence-electron chi connectivity index (χ4n) is 2.55. The van der Waals surface area contributed by atoms with Gasteiger partial charge in [-0.3, -0.25) is 9.59 Å². The Morgan fingerprint density at radius 3 is 2.57 bits per heavy atom. The molecule has 1 heterocycles. The van der Waals surface area contributed by atoms with Crippen LogP contribution in [0.5, 0.6) is 0 Å². The highest BCUT2D eigenvalue weighted by atomic mass is 16.4. The second kappa shape index (κ2) is 7.22. The first-order valence-electron chi connectivity index (χ1n) is 7.41. The zero-order valence-electron chi connectivity index (χ0n) is 12.3. The van der Waals surface area contributed by atoms with Crippen LogP contribution < -0.4 is 10.2 Å². The summed E-state index contributed by atoms with van der Waals surface area (Å²) in [7, 11) is 0. The summed E-state index contributed by atoms with van der Waals surface area (Å²) in [6.45, 7) is 3.03. The van der Waals surface area contributed by atoms with E-state index in [9.17, 15) is 9.59 Å². The molecule has 1 saturated heterocycles. The van der Waals surface area contributed by atoms with Crippen molar-refractivity contribution in [3.05, 3.63) is 29.8 Å². The number of aryl methyl sites for hydroxylation is 1. The molecule has 1 fully saturated rings. The van der Waals surface area contributed by atoms with Gasteiger partial charge in [-0.15, -0.1) is 0 Å². The van der Waals surface area contributed by atoms with Gasteiger partial charge in [0.05, 0.1) is 12.5 Å². The fourth-order valence-corrected chi connectivity index (χ4v) is 2.55. The summed E-state index contributed by atoms with van der Waals surface area (Å²) < 4.78 is 0. The minimum atomic E-state index is -0.892. The lowest BCUT2D eigenvalue weighted by Gasteiger charge is -2.30. The number of hydrogen-bond acceptors (Lipinski definition) is 3. The van der Waals surface area contributed by atoms with Gasteiger partial charge in [-0.2, -0.15) is 0 Å². The largest absolute Gasteiger partial charge is 0.481 e. The lowest BCUT2D eigenvalue weighted by molar-refractivity contribution is -0.136. The molecule has 0 radical (unpaired) electrons. The van der Waals surface area contributed by atoms with Crippen LogP contribution in [0.2, 0.25) is 0 Å². The molecule has 1 amide bonds. The van der Waals surface area contributed by atoms with Gasteiger partial charge in [0.1, 0.15) is 0 Å². The molecule has 2 N–H and O–H groups in total. The SMILES string of the molecule is Cc1ccc(N(CCC(=O)O)C(=O)C2CCCCN2)cc1. The topological polar surface area (TPSA) is 69.6 Å². The van der Waals surface area contributed by atoms with E-state index in [1.54, 1.807) is 4.90 Å². The predicted octanol–water partition coefficient (Wildman–Crippen LogP) is 1.94. The number of benzene rings is 1. The number of amides is 1. The van der Waals surface area contributed by atoms with Crippen LogP contribution in [0.15, 0.2) is 24.3 Å². The Labute approximate surface area is 125 Å². The molecule has 5 heteroatoms. The summed E-state index contributed by atoms with van der Waals surface area (Å²) in [5, 5.41) is 12.1. The van der Waals surface area contributed by atoms with E-state index < -0.39 is 5.97 Å². The number of piperidine rings is 1. The Balaban J connectivity index is 2.15. The predicted molar refractivity (Wildman–Crippen MR) is 81.4 cm³/mol. The third-order valence-electron chi connectivity index (χ3n) is 3.77. The summed E-state index contributed by atoms with van der Waals surface area (Å²) in [6, 6.07) is 7.42. The van der Waals surface area contributed by atoms with E-state index in [0.29, 0.717) is 0 Å². The molecule has 1 atom stereocenters. The van der Waals surface area contributed by atoms with Crippen molar-refractivity contribution in [2.24, 2.45) is 0 Å². The molecule has 114 valence electrons. The lowest BCUT2D eigenvalue weighted by Crippen LogP contribution is -2.49. The summed E-state index contributed by atoms with van der Waals surface area (Å²) in [6.07, 6.45) is 2.88. The van der Waals surface area contributed by atoms with E-state index in [4.69, 9.17) is 5.11 Å². The average molecular weight is 290 g/mol. The number of anilines is 1. The zero-order chi connectivity index (χ0) is 15.2. The normalized spacial score (nSPS) is 18.2. The highest BCUT2D eigenvalue weighted by Crippen LogP contribution is 2.19. The number of nitrogens with zero attached hydrogens (tertiary/aromatic N) is 1. The van der Waals surface area contributed by atoms with Gasteiger partial charge in [-0.1, -0.05) is 24.1 Å². The van der Waals surface area contributed by atoms with Crippen molar-refractivity contribution in [3.63, 3.8) is 0 Å². The van der Waals surface area contributed by atoms with Gasteiger partial charge >= 0.3 is 5.97 Å². The minimum Gasteiger partial charge on any atom is -0.481 e. The number of nitrogens with one attached hydrogen (secondary N) is 1. The molecule has 1 aliphatic heterocycles. The van der Waals surface area contributed by atoms with Gasteiger partial charge in [-0.25, -0.2) is 0 Å². The number of carboxylic acid groups (broad SMARTS) is 1. The average Bonchev–Trinajstić information content (AvgIpc) is 2.49. The van der Waals surface area contributed by atoms with Crippen LogP contribution in [0.1, 0.15) is 31.2 Å². The molecule has 1 aromatic rings. The Morgan fingerprint density at radius 2 is 2.00 bits per heavy atom. The molecule has 0 bridgehead atoms. The minimum absolute atomic E-state index is 0.0280. The summed E-state index contributed by atoms with van der Waals surface area (Å²) in [5.74, 6) is -0.920. The van der Waals surface area contributed by atoms with Crippen LogP contribution in [-0.4, -0.2) is 36.1 Å². The Hall–Kier alpha value is -1.88. The fraction of sp³-hybridized carbons (Fsp3) is 0.500. The number of carboxylic acids is 1. The van der Waals surface area contributed by atoms with E-state index in [-0.39, 0.29) is 24.9 Å². The second-order valence-corrected chi connectivity index (χ2v) is 5.47. The number of hydrogen-bond donors (Lipinski definition) is 2. The van der Waals surface area contributed by atoms with Crippen LogP contribution in [0.4, 0.5) is 5.69 Å². The van der Waals surface area contributed by atoms with Crippen molar-refractivity contribution in [1.82, 2.24) is 5.32 Å². The van der Waals surface area contributed by atoms with E-state index in [0.717, 1.165) is 37.1 Å². The van der Waals surface area contributed by atoms with Crippen LogP contribution in [0, 0.1) is 6.92 Å². The Bertz CT molecular complexity index is 493. The third kappa shape index (κ3) is 4.29. The maximum atomic E-state index is 12.7. The van der Waals surface area contributed by atoms with Crippen LogP contribution in [0.3, 0.4) is 0 Å². The van der Waals surface area contributed by atoms with Crippen molar-refractivity contribution in [3.8, 4) is 0 Å². The smallest absolute Gasteiger partial charge is 0.305 e. The molecule has 1 aliphatic rings. The van der Waals surface area contributed by atoms with Gasteiger partial charge in [0.15, 0.2) is 0 Å². The van der Waals surface area contributed by atoms with Gasteiger partial charge in [0.2, 0.25) is 5.91 Å². The molecular weight excluding hydrogens is 268 g/mol. The number of aliphatic carboxylic acids is 1. The van der Waals surface area contributed by atoms with Crippen LogP contribution >= 0.6 is 0 Å². The van der Waals surface area contributed by atoms with Gasteiger partial charge in [-0.05, 0) is 38.4 Å². The number of carbonyl (C=O) groups excluding carboxylic acids is 1. The maximum absolute atomic E-state index is 12.7. The first-order chi connectivity index (χ1) is 10.1. The Kier molecular flexibility index (Phi) is 5.33. The molecule has 0 aliphatic carbocycles. The van der Waals surface area contributed by atoms with Crippen molar-refractivity contribution in [2.45, 2.75) is 38.6 Å². The summed E-state index contributed by atoms with van der Waals surface area (Å²) >= 11 is 0. The van der Waals surface area contributed by atoms with E-state index >= 15 is 0 Å². The quantitative estimate of drug-likeness (QED) is 0.869. The lowest BCUT2D eigenvalue weighted by atomic mass is 10.0. The molecule has 0 aromatic heterocycles. The molecule has 21 heavy (non-hydrogen) atoms. The molecular formula is C16H22N2O3. The molecule has 5 nitrogen and oxygen atoms in total. The first kappa shape index (κ1) is 15.5. The number of rotatable bonds is 5. The monoisotopic (exact) mass is 290 g/mol. The second-order valence-electron chi connectivity index (χ2n) is 5.47. The van der Waals surface area contributed by atoms with Crippen LogP contribution in [-0.2, 0) is 9.59 Å².